The highest BCUT2D eigenvalue weighted by Crippen LogP contribution is 2.36. The Morgan fingerprint density at radius 1 is 1.16 bits per heavy atom. The van der Waals surface area contributed by atoms with Crippen molar-refractivity contribution in [3.05, 3.63) is 63.3 Å². The van der Waals surface area contributed by atoms with Crippen molar-refractivity contribution in [2.75, 3.05) is 38.8 Å². The summed E-state index contributed by atoms with van der Waals surface area (Å²) in [7, 11) is 3.31. The molecule has 1 saturated heterocycles. The van der Waals surface area contributed by atoms with Gasteiger partial charge in [0.05, 0.1) is 17.2 Å². The first kappa shape index (κ1) is 27.2. The maximum atomic E-state index is 13.4. The number of carbonyl (C=O) groups excluding carboxylic acids is 2. The van der Waals surface area contributed by atoms with Crippen LogP contribution in [-0.2, 0) is 11.2 Å². The van der Waals surface area contributed by atoms with Gasteiger partial charge in [0.25, 0.3) is 5.91 Å². The number of nitrogens with zero attached hydrogens (tertiary/aromatic N) is 4. The van der Waals surface area contributed by atoms with Gasteiger partial charge in [-0.1, -0.05) is 23.9 Å². The van der Waals surface area contributed by atoms with E-state index in [1.54, 1.807) is 30.9 Å². The second-order valence-corrected chi connectivity index (χ2v) is 10.2. The largest absolute Gasteiger partial charge is 0.502 e. The Morgan fingerprint density at radius 3 is 2.39 bits per heavy atom. The fraction of sp³-hybridized carbons (Fsp3) is 0.400. The van der Waals surface area contributed by atoms with Crippen LogP contribution in [0, 0.1) is 16.6 Å². The van der Waals surface area contributed by atoms with E-state index in [0.717, 1.165) is 11.8 Å². The number of rotatable bonds is 4. The van der Waals surface area contributed by atoms with E-state index in [1.807, 2.05) is 0 Å². The lowest BCUT2D eigenvalue weighted by molar-refractivity contribution is 0.00796. The van der Waals surface area contributed by atoms with Crippen molar-refractivity contribution in [2.45, 2.75) is 31.8 Å². The second kappa shape index (κ2) is 10.5. The van der Waals surface area contributed by atoms with Gasteiger partial charge in [0.1, 0.15) is 16.5 Å². The molecule has 0 radical (unpaired) electrons. The molecule has 0 bridgehead atoms. The molecule has 2 aliphatic rings. The number of pyridine rings is 1. The van der Waals surface area contributed by atoms with Crippen molar-refractivity contribution in [1.29, 1.82) is 10.8 Å². The third kappa shape index (κ3) is 4.73. The molecule has 3 N–H and O–H groups in total. The summed E-state index contributed by atoms with van der Waals surface area (Å²) in [5, 5.41) is 29.0. The smallest absolute Gasteiger partial charge is 0.409 e. The van der Waals surface area contributed by atoms with E-state index in [1.165, 1.54) is 40.0 Å². The Morgan fingerprint density at radius 2 is 1.79 bits per heavy atom. The number of carbonyl (C=O) groups is 2. The lowest BCUT2D eigenvalue weighted by Crippen LogP contribution is -2.71. The fourth-order valence-corrected chi connectivity index (χ4v) is 5.62. The van der Waals surface area contributed by atoms with Gasteiger partial charge in [-0.05, 0) is 24.6 Å². The van der Waals surface area contributed by atoms with Gasteiger partial charge in [-0.2, -0.15) is 0 Å². The summed E-state index contributed by atoms with van der Waals surface area (Å²) in [6, 6.07) is 5.64. The van der Waals surface area contributed by atoms with Crippen molar-refractivity contribution in [1.82, 2.24) is 14.5 Å². The molecule has 1 aromatic heterocycles. The second-order valence-electron chi connectivity index (χ2n) is 9.13. The summed E-state index contributed by atoms with van der Waals surface area (Å²) in [6.07, 6.45) is 1.82. The number of aromatic nitrogens is 1. The molecule has 0 aliphatic carbocycles. The first-order valence-electron chi connectivity index (χ1n) is 12.0. The summed E-state index contributed by atoms with van der Waals surface area (Å²) < 4.78 is 19.6. The number of benzene rings is 1. The highest BCUT2D eigenvalue weighted by atomic mass is 32.2. The van der Waals surface area contributed by atoms with Crippen molar-refractivity contribution in [2.24, 2.45) is 0 Å². The van der Waals surface area contributed by atoms with Gasteiger partial charge in [0, 0.05) is 52.6 Å². The Labute approximate surface area is 222 Å². The van der Waals surface area contributed by atoms with Crippen LogP contribution in [0.1, 0.15) is 41.4 Å². The maximum Gasteiger partial charge on any atom is 0.409 e. The minimum absolute atomic E-state index is 0.0511. The number of aromatic hydroxyl groups is 1. The minimum atomic E-state index is -0.883. The molecule has 0 unspecified atom stereocenters. The Bertz CT molecular complexity index is 1350. The van der Waals surface area contributed by atoms with Gasteiger partial charge >= 0.3 is 6.09 Å². The normalized spacial score (nSPS) is 16.4. The number of likely N-dealkylation sites (tertiary alicyclic amines) is 1. The van der Waals surface area contributed by atoms with Crippen molar-refractivity contribution in [3.63, 3.8) is 0 Å². The topological polar surface area (TPSA) is 143 Å². The molecule has 3 heterocycles. The Balaban J connectivity index is 1.61. The van der Waals surface area contributed by atoms with Crippen LogP contribution in [-0.4, -0.2) is 81.1 Å². The molecule has 13 heteroatoms. The van der Waals surface area contributed by atoms with E-state index in [-0.39, 0.29) is 34.4 Å². The summed E-state index contributed by atoms with van der Waals surface area (Å²) in [4.78, 5) is 41.6. The molecule has 1 aromatic carbocycles. The highest BCUT2D eigenvalue weighted by molar-refractivity contribution is 8.26. The number of hydrogen-bond donors (Lipinski definition) is 3. The number of amides is 2. The van der Waals surface area contributed by atoms with Crippen LogP contribution < -0.4 is 10.4 Å². The zero-order valence-corrected chi connectivity index (χ0v) is 22.1. The molecular formula is C25H29FN6O5S. The quantitative estimate of drug-likeness (QED) is 0.397. The van der Waals surface area contributed by atoms with Gasteiger partial charge in [-0.25, -0.2) is 9.18 Å². The zero-order valence-electron chi connectivity index (χ0n) is 21.3. The van der Waals surface area contributed by atoms with Crippen LogP contribution >= 0.6 is 11.8 Å². The number of ether oxygens (including phenoxy) is 1. The van der Waals surface area contributed by atoms with E-state index in [9.17, 15) is 23.9 Å². The number of piperidine rings is 1. The molecule has 202 valence electrons. The third-order valence-electron chi connectivity index (χ3n) is 7.06. The SMILES string of the molecule is CCOC(=O)N1CCC2(CC1)N(C)C(=O)c1c(O)c(=O)c(C(=N)SC(=N)Cc3ccc(F)cc3)cn1N2C. The van der Waals surface area contributed by atoms with Crippen LogP contribution in [0.15, 0.2) is 35.3 Å². The minimum Gasteiger partial charge on any atom is -0.502 e. The molecule has 2 aromatic rings. The Kier molecular flexibility index (Phi) is 7.49. The molecular weight excluding hydrogens is 515 g/mol. The molecule has 2 aliphatic heterocycles. The van der Waals surface area contributed by atoms with E-state index >= 15 is 0 Å². The zero-order chi connectivity index (χ0) is 27.8. The van der Waals surface area contributed by atoms with E-state index in [2.05, 4.69) is 0 Å². The molecule has 11 nitrogen and oxygen atoms in total. The average Bonchev–Trinajstić information content (AvgIpc) is 2.89. The molecule has 0 saturated carbocycles. The molecule has 4 rings (SSSR count). The van der Waals surface area contributed by atoms with Crippen LogP contribution in [0.2, 0.25) is 0 Å². The number of nitrogens with one attached hydrogen (secondary N) is 2. The first-order valence-corrected chi connectivity index (χ1v) is 12.8. The summed E-state index contributed by atoms with van der Waals surface area (Å²) in [5.41, 5.74) is -1.45. The summed E-state index contributed by atoms with van der Waals surface area (Å²) >= 11 is 0.740. The van der Waals surface area contributed by atoms with Gasteiger partial charge < -0.3 is 19.6 Å². The van der Waals surface area contributed by atoms with E-state index < -0.39 is 34.7 Å². The van der Waals surface area contributed by atoms with Gasteiger partial charge in [0.2, 0.25) is 5.43 Å². The lowest BCUT2D eigenvalue weighted by atomic mass is 9.93. The Hall–Kier alpha value is -3.87. The summed E-state index contributed by atoms with van der Waals surface area (Å²) in [5.74, 6) is -1.73. The van der Waals surface area contributed by atoms with Crippen molar-refractivity contribution < 1.29 is 23.8 Å². The van der Waals surface area contributed by atoms with E-state index in [4.69, 9.17) is 15.6 Å². The number of hydrogen-bond acceptors (Lipinski definition) is 9. The number of halogens is 1. The first-order chi connectivity index (χ1) is 18.0. The highest BCUT2D eigenvalue weighted by Gasteiger charge is 2.50. The van der Waals surface area contributed by atoms with Crippen molar-refractivity contribution >= 4 is 33.8 Å². The fourth-order valence-electron chi connectivity index (χ4n) is 4.88. The van der Waals surface area contributed by atoms with E-state index in [0.29, 0.717) is 31.5 Å². The van der Waals surface area contributed by atoms with Crippen LogP contribution in [0.5, 0.6) is 5.75 Å². The van der Waals surface area contributed by atoms with Crippen molar-refractivity contribution in [3.8, 4) is 5.75 Å². The lowest BCUT2D eigenvalue weighted by Gasteiger charge is -2.55. The number of fused-ring (bicyclic) bond motifs is 1. The van der Waals surface area contributed by atoms with Crippen LogP contribution in [0.4, 0.5) is 9.18 Å². The predicted octanol–water partition coefficient (Wildman–Crippen LogP) is 2.57. The van der Waals surface area contributed by atoms with Crippen LogP contribution in [0.3, 0.4) is 0 Å². The molecule has 38 heavy (non-hydrogen) atoms. The van der Waals surface area contributed by atoms with Gasteiger partial charge in [-0.15, -0.1) is 0 Å². The molecule has 1 fully saturated rings. The van der Waals surface area contributed by atoms with Gasteiger partial charge in [0.15, 0.2) is 11.4 Å². The summed E-state index contributed by atoms with van der Waals surface area (Å²) in [6.45, 7) is 2.66. The third-order valence-corrected chi connectivity index (χ3v) is 7.87. The number of thioether (sulfide) groups is 1. The van der Waals surface area contributed by atoms with Crippen LogP contribution in [0.25, 0.3) is 0 Å². The van der Waals surface area contributed by atoms with Gasteiger partial charge in [-0.3, -0.25) is 30.1 Å². The molecule has 0 atom stereocenters. The maximum absolute atomic E-state index is 13.4. The predicted molar refractivity (Wildman–Crippen MR) is 141 cm³/mol. The molecule has 2 amide bonds. The molecule has 1 spiro atoms. The standard InChI is InChI=1S/C25H29FN6O5S/c1-4-37-24(36)31-11-9-25(10-12-31)29(2)23(35)19-21(34)20(33)17(14-32(19)30(25)3)22(28)38-18(27)13-15-5-7-16(26)8-6-15/h5-8,14,27-28,34H,4,9-13H2,1-3H3. The average molecular weight is 545 g/mol. The monoisotopic (exact) mass is 544 g/mol.